The van der Waals surface area contributed by atoms with E-state index >= 15 is 0 Å². The third-order valence-corrected chi connectivity index (χ3v) is 5.89. The summed E-state index contributed by atoms with van der Waals surface area (Å²) in [5.41, 5.74) is 2.09. The Hall–Kier alpha value is -1.70. The van der Waals surface area contributed by atoms with Crippen molar-refractivity contribution in [3.63, 3.8) is 0 Å². The number of benzene rings is 1. The number of hydrogen-bond acceptors (Lipinski definition) is 6. The van der Waals surface area contributed by atoms with Gasteiger partial charge in [0.1, 0.15) is 17.4 Å². The van der Waals surface area contributed by atoms with Crippen LogP contribution in [0.25, 0.3) is 10.2 Å². The first kappa shape index (κ1) is 16.8. The lowest BCUT2D eigenvalue weighted by Gasteiger charge is -2.23. The van der Waals surface area contributed by atoms with Crippen molar-refractivity contribution < 1.29 is 19.0 Å². The van der Waals surface area contributed by atoms with Gasteiger partial charge in [0.2, 0.25) is 0 Å². The van der Waals surface area contributed by atoms with Crippen LogP contribution in [0.3, 0.4) is 0 Å². The minimum atomic E-state index is -0.358. The van der Waals surface area contributed by atoms with Crippen molar-refractivity contribution in [3.8, 4) is 5.75 Å². The Labute approximate surface area is 150 Å². The first-order valence-corrected chi connectivity index (χ1v) is 9.55. The summed E-state index contributed by atoms with van der Waals surface area (Å²) in [6.07, 6.45) is 3.37. The van der Waals surface area contributed by atoms with Crippen LogP contribution in [0.5, 0.6) is 5.75 Å². The number of fused-ring (bicyclic) bond motifs is 1. The molecule has 4 rings (SSSR count). The topological polar surface area (TPSA) is 69.7 Å². The maximum absolute atomic E-state index is 12.3. The van der Waals surface area contributed by atoms with Gasteiger partial charge in [0.15, 0.2) is 5.13 Å². The van der Waals surface area contributed by atoms with Crippen LogP contribution in [-0.4, -0.2) is 43.9 Å². The van der Waals surface area contributed by atoms with E-state index in [0.717, 1.165) is 54.9 Å². The molecule has 2 saturated heterocycles. The second kappa shape index (κ2) is 7.27. The minimum absolute atomic E-state index is 0.108. The zero-order valence-electron chi connectivity index (χ0n) is 14.2. The van der Waals surface area contributed by atoms with Crippen LogP contribution in [0.15, 0.2) is 12.1 Å². The van der Waals surface area contributed by atoms with Crippen molar-refractivity contribution in [3.05, 3.63) is 17.7 Å². The van der Waals surface area contributed by atoms with Crippen LogP contribution < -0.4 is 10.1 Å². The number of nitrogens with one attached hydrogen (secondary N) is 1. The lowest BCUT2D eigenvalue weighted by Crippen LogP contribution is -2.26. The quantitative estimate of drug-likeness (QED) is 0.904. The van der Waals surface area contributed by atoms with E-state index in [1.165, 1.54) is 16.9 Å². The van der Waals surface area contributed by atoms with E-state index < -0.39 is 0 Å². The van der Waals surface area contributed by atoms with E-state index in [-0.39, 0.29) is 12.0 Å². The Kier molecular flexibility index (Phi) is 4.87. The second-order valence-electron chi connectivity index (χ2n) is 6.43. The summed E-state index contributed by atoms with van der Waals surface area (Å²) in [4.78, 5) is 16.9. The van der Waals surface area contributed by atoms with Crippen molar-refractivity contribution in [2.75, 3.05) is 32.2 Å². The molecule has 3 heterocycles. The lowest BCUT2D eigenvalue weighted by atomic mass is 9.91. The number of amides is 1. The van der Waals surface area contributed by atoms with Gasteiger partial charge in [0, 0.05) is 19.8 Å². The molecule has 1 atom stereocenters. The number of carbonyl (C=O) groups excluding carboxylic acids is 1. The minimum Gasteiger partial charge on any atom is -0.494 e. The average molecular weight is 362 g/mol. The van der Waals surface area contributed by atoms with Gasteiger partial charge in [-0.15, -0.1) is 0 Å². The van der Waals surface area contributed by atoms with Gasteiger partial charge in [-0.25, -0.2) is 4.98 Å². The standard InChI is InChI=1S/C18H22N2O4S/c1-22-13-5-4-12(11-6-9-23-10-7-11)16-15(13)19-18(25-16)20-17(21)14-3-2-8-24-14/h4-5,11,14H,2-3,6-10H2,1H3,(H,19,20,21)/t14-/m1/s1. The molecule has 7 heteroatoms. The Morgan fingerprint density at radius 2 is 2.12 bits per heavy atom. The predicted octanol–water partition coefficient (Wildman–Crippen LogP) is 3.32. The first-order valence-electron chi connectivity index (χ1n) is 8.74. The molecule has 25 heavy (non-hydrogen) atoms. The van der Waals surface area contributed by atoms with Crippen LogP contribution in [0.1, 0.15) is 37.2 Å². The number of anilines is 1. The van der Waals surface area contributed by atoms with Crippen molar-refractivity contribution >= 4 is 32.6 Å². The number of rotatable bonds is 4. The van der Waals surface area contributed by atoms with Crippen molar-refractivity contribution in [1.82, 2.24) is 4.98 Å². The largest absolute Gasteiger partial charge is 0.494 e. The molecule has 0 radical (unpaired) electrons. The van der Waals surface area contributed by atoms with Gasteiger partial charge in [-0.1, -0.05) is 17.4 Å². The first-order chi connectivity index (χ1) is 12.3. The SMILES string of the molecule is COc1ccc(C2CCOCC2)c2sc(NC(=O)[C@H]3CCCO3)nc12. The van der Waals surface area contributed by atoms with Gasteiger partial charge in [-0.3, -0.25) is 10.1 Å². The van der Waals surface area contributed by atoms with E-state index in [9.17, 15) is 4.79 Å². The van der Waals surface area contributed by atoms with Crippen LogP contribution >= 0.6 is 11.3 Å². The van der Waals surface area contributed by atoms with E-state index in [0.29, 0.717) is 17.7 Å². The number of hydrogen-bond donors (Lipinski definition) is 1. The highest BCUT2D eigenvalue weighted by molar-refractivity contribution is 7.22. The molecule has 1 N–H and O–H groups in total. The molecular formula is C18H22N2O4S. The summed E-state index contributed by atoms with van der Waals surface area (Å²) in [6, 6.07) is 4.10. The molecule has 1 amide bonds. The van der Waals surface area contributed by atoms with E-state index in [1.807, 2.05) is 6.07 Å². The zero-order chi connectivity index (χ0) is 17.2. The highest BCUT2D eigenvalue weighted by atomic mass is 32.1. The van der Waals surface area contributed by atoms with Crippen LogP contribution in [0.2, 0.25) is 0 Å². The summed E-state index contributed by atoms with van der Waals surface area (Å²) in [6.45, 7) is 2.23. The fraction of sp³-hybridized carbons (Fsp3) is 0.556. The molecule has 2 aromatic rings. The summed E-state index contributed by atoms with van der Waals surface area (Å²) in [5.74, 6) is 1.09. The molecular weight excluding hydrogens is 340 g/mol. The van der Waals surface area contributed by atoms with E-state index in [2.05, 4.69) is 16.4 Å². The molecule has 0 aliphatic carbocycles. The molecule has 0 bridgehead atoms. The van der Waals surface area contributed by atoms with Crippen molar-refractivity contribution in [1.29, 1.82) is 0 Å². The third-order valence-electron chi connectivity index (χ3n) is 4.87. The van der Waals surface area contributed by atoms with Crippen molar-refractivity contribution in [2.24, 2.45) is 0 Å². The fourth-order valence-corrected chi connectivity index (χ4v) is 4.60. The molecule has 1 aromatic carbocycles. The summed E-state index contributed by atoms with van der Waals surface area (Å²) in [5, 5.41) is 3.52. The highest BCUT2D eigenvalue weighted by Crippen LogP contribution is 2.40. The van der Waals surface area contributed by atoms with Gasteiger partial charge >= 0.3 is 0 Å². The van der Waals surface area contributed by atoms with Gasteiger partial charge in [-0.2, -0.15) is 0 Å². The number of aromatic nitrogens is 1. The van der Waals surface area contributed by atoms with Gasteiger partial charge in [-0.05, 0) is 43.2 Å². The van der Waals surface area contributed by atoms with E-state index in [1.54, 1.807) is 7.11 Å². The maximum Gasteiger partial charge on any atom is 0.255 e. The molecule has 0 unspecified atom stereocenters. The Morgan fingerprint density at radius 1 is 1.28 bits per heavy atom. The van der Waals surface area contributed by atoms with E-state index in [4.69, 9.17) is 14.2 Å². The molecule has 2 fully saturated rings. The highest BCUT2D eigenvalue weighted by Gasteiger charge is 2.26. The Morgan fingerprint density at radius 3 is 2.84 bits per heavy atom. The molecule has 6 nitrogen and oxygen atoms in total. The number of ether oxygens (including phenoxy) is 3. The van der Waals surface area contributed by atoms with Gasteiger partial charge in [0.25, 0.3) is 5.91 Å². The summed E-state index contributed by atoms with van der Waals surface area (Å²) < 4.78 is 17.5. The van der Waals surface area contributed by atoms with Crippen LogP contribution in [-0.2, 0) is 14.3 Å². The van der Waals surface area contributed by atoms with Gasteiger partial charge < -0.3 is 14.2 Å². The Bertz CT molecular complexity index is 764. The zero-order valence-corrected chi connectivity index (χ0v) is 15.1. The third kappa shape index (κ3) is 3.36. The predicted molar refractivity (Wildman–Crippen MR) is 96.6 cm³/mol. The number of nitrogens with zero attached hydrogens (tertiary/aromatic N) is 1. The molecule has 2 aliphatic heterocycles. The molecule has 0 spiro atoms. The molecule has 1 aromatic heterocycles. The molecule has 134 valence electrons. The van der Waals surface area contributed by atoms with Gasteiger partial charge in [0.05, 0.1) is 11.8 Å². The summed E-state index contributed by atoms with van der Waals surface area (Å²) >= 11 is 1.51. The van der Waals surface area contributed by atoms with Crippen molar-refractivity contribution in [2.45, 2.75) is 37.7 Å². The fourth-order valence-electron chi connectivity index (χ4n) is 3.52. The normalized spacial score (nSPS) is 21.6. The Balaban J connectivity index is 1.65. The number of methoxy groups -OCH3 is 1. The lowest BCUT2D eigenvalue weighted by molar-refractivity contribution is -0.124. The second-order valence-corrected chi connectivity index (χ2v) is 7.43. The number of thiazole rings is 1. The van der Waals surface area contributed by atoms with Crippen LogP contribution in [0, 0.1) is 0 Å². The average Bonchev–Trinajstić information content (AvgIpc) is 3.31. The maximum atomic E-state index is 12.3. The smallest absolute Gasteiger partial charge is 0.255 e. The molecule has 2 aliphatic rings. The monoisotopic (exact) mass is 362 g/mol. The molecule has 0 saturated carbocycles. The summed E-state index contributed by atoms with van der Waals surface area (Å²) in [7, 11) is 1.65. The number of carbonyl (C=O) groups is 1. The van der Waals surface area contributed by atoms with Crippen LogP contribution in [0.4, 0.5) is 5.13 Å².